The second-order valence-corrected chi connectivity index (χ2v) is 6.65. The van der Waals surface area contributed by atoms with Gasteiger partial charge < -0.3 is 5.32 Å². The minimum absolute atomic E-state index is 0.259. The summed E-state index contributed by atoms with van der Waals surface area (Å²) in [5, 5.41) is 3.51. The third-order valence-corrected chi connectivity index (χ3v) is 4.96. The van der Waals surface area contributed by atoms with E-state index in [9.17, 15) is 8.78 Å². The molecule has 3 unspecified atom stereocenters. The summed E-state index contributed by atoms with van der Waals surface area (Å²) >= 11 is 0. The summed E-state index contributed by atoms with van der Waals surface area (Å²) in [6.45, 7) is 7.50. The lowest BCUT2D eigenvalue weighted by Gasteiger charge is -2.38. The smallest absolute Gasteiger partial charge is 0.129 e. The molecule has 3 heteroatoms. The molecule has 1 aromatic rings. The Morgan fingerprint density at radius 1 is 1.19 bits per heavy atom. The fraction of sp³-hybridized carbons (Fsp3) is 0.667. The van der Waals surface area contributed by atoms with Crippen LogP contribution in [0.1, 0.15) is 45.6 Å². The molecule has 0 aromatic heterocycles. The highest BCUT2D eigenvalue weighted by atomic mass is 19.1. The van der Waals surface area contributed by atoms with E-state index in [-0.39, 0.29) is 5.56 Å². The largest absolute Gasteiger partial charge is 0.314 e. The summed E-state index contributed by atoms with van der Waals surface area (Å²) in [5.74, 6) is 0.812. The number of benzene rings is 1. The van der Waals surface area contributed by atoms with Crippen LogP contribution in [0.15, 0.2) is 18.2 Å². The third kappa shape index (κ3) is 4.03. The maximum Gasteiger partial charge on any atom is 0.129 e. The van der Waals surface area contributed by atoms with Crippen molar-refractivity contribution in [2.75, 3.05) is 6.54 Å². The summed E-state index contributed by atoms with van der Waals surface area (Å²) < 4.78 is 27.8. The molecule has 0 radical (unpaired) electrons. The van der Waals surface area contributed by atoms with Gasteiger partial charge in [0.25, 0.3) is 0 Å². The topological polar surface area (TPSA) is 12.0 Å². The highest BCUT2D eigenvalue weighted by molar-refractivity contribution is 5.20. The fourth-order valence-electron chi connectivity index (χ4n) is 3.65. The first-order valence-corrected chi connectivity index (χ1v) is 8.19. The Kier molecular flexibility index (Phi) is 5.74. The summed E-state index contributed by atoms with van der Waals surface area (Å²) in [6.07, 6.45) is 3.88. The van der Waals surface area contributed by atoms with E-state index in [1.165, 1.54) is 24.6 Å². The molecule has 1 aromatic carbocycles. The molecule has 0 bridgehead atoms. The van der Waals surface area contributed by atoms with E-state index in [1.54, 1.807) is 0 Å². The summed E-state index contributed by atoms with van der Waals surface area (Å²) in [4.78, 5) is 0. The van der Waals surface area contributed by atoms with Gasteiger partial charge in [-0.05, 0) is 62.1 Å². The standard InChI is InChI=1S/C18H27F2N/c1-4-21-18-9-8-13(12(2)3)10-14(18)11-15-16(19)6-5-7-17(15)20/h5-7,12-14,18,21H,4,8-11H2,1-3H3. The van der Waals surface area contributed by atoms with Gasteiger partial charge in [0, 0.05) is 11.6 Å². The molecular formula is C18H27F2N. The van der Waals surface area contributed by atoms with Gasteiger partial charge >= 0.3 is 0 Å². The molecule has 118 valence electrons. The van der Waals surface area contributed by atoms with Gasteiger partial charge in [-0.1, -0.05) is 26.8 Å². The van der Waals surface area contributed by atoms with Crippen molar-refractivity contribution in [3.8, 4) is 0 Å². The molecule has 1 N–H and O–H groups in total. The predicted molar refractivity (Wildman–Crippen MR) is 83.2 cm³/mol. The van der Waals surface area contributed by atoms with E-state index >= 15 is 0 Å². The monoisotopic (exact) mass is 295 g/mol. The first-order valence-electron chi connectivity index (χ1n) is 8.19. The molecular weight excluding hydrogens is 268 g/mol. The van der Waals surface area contributed by atoms with Crippen molar-refractivity contribution < 1.29 is 8.78 Å². The first kappa shape index (κ1) is 16.4. The Balaban J connectivity index is 2.16. The molecule has 2 rings (SSSR count). The Labute approximate surface area is 127 Å². The highest BCUT2D eigenvalue weighted by Crippen LogP contribution is 2.36. The molecule has 1 nitrogen and oxygen atoms in total. The SMILES string of the molecule is CCNC1CCC(C(C)C)CC1Cc1c(F)cccc1F. The van der Waals surface area contributed by atoms with E-state index < -0.39 is 11.6 Å². The van der Waals surface area contributed by atoms with Crippen molar-refractivity contribution in [1.29, 1.82) is 0 Å². The zero-order chi connectivity index (χ0) is 15.4. The maximum absolute atomic E-state index is 13.9. The lowest BCUT2D eigenvalue weighted by atomic mass is 9.71. The van der Waals surface area contributed by atoms with Crippen LogP contribution in [0.25, 0.3) is 0 Å². The van der Waals surface area contributed by atoms with Crippen LogP contribution in [0.2, 0.25) is 0 Å². The summed E-state index contributed by atoms with van der Waals surface area (Å²) in [6, 6.07) is 4.55. The lowest BCUT2D eigenvalue weighted by molar-refractivity contribution is 0.167. The minimum atomic E-state index is -0.406. The number of rotatable bonds is 5. The summed E-state index contributed by atoms with van der Waals surface area (Å²) in [7, 11) is 0. The molecule has 0 spiro atoms. The van der Waals surface area contributed by atoms with Crippen molar-refractivity contribution in [3.05, 3.63) is 35.4 Å². The highest BCUT2D eigenvalue weighted by Gasteiger charge is 2.32. The van der Waals surface area contributed by atoms with Crippen LogP contribution in [-0.2, 0) is 6.42 Å². The molecule has 1 aliphatic carbocycles. The van der Waals surface area contributed by atoms with Gasteiger partial charge in [0.15, 0.2) is 0 Å². The van der Waals surface area contributed by atoms with Gasteiger partial charge in [0.05, 0.1) is 0 Å². The van der Waals surface area contributed by atoms with E-state index in [2.05, 4.69) is 26.1 Å². The normalized spacial score (nSPS) is 26.3. The minimum Gasteiger partial charge on any atom is -0.314 e. The van der Waals surface area contributed by atoms with Crippen LogP contribution < -0.4 is 5.32 Å². The molecule has 1 fully saturated rings. The van der Waals surface area contributed by atoms with E-state index in [0.717, 1.165) is 19.4 Å². The van der Waals surface area contributed by atoms with Crippen LogP contribution in [0.4, 0.5) is 8.78 Å². The van der Waals surface area contributed by atoms with Crippen LogP contribution in [-0.4, -0.2) is 12.6 Å². The second kappa shape index (κ2) is 7.35. The Morgan fingerprint density at radius 3 is 2.43 bits per heavy atom. The van der Waals surface area contributed by atoms with Gasteiger partial charge in [-0.25, -0.2) is 8.78 Å². The molecule has 0 saturated heterocycles. The molecule has 1 saturated carbocycles. The number of hydrogen-bond donors (Lipinski definition) is 1. The predicted octanol–water partition coefficient (Wildman–Crippen LogP) is 4.56. The molecule has 0 aliphatic heterocycles. The van der Waals surface area contributed by atoms with Crippen molar-refractivity contribution >= 4 is 0 Å². The number of halogens is 2. The van der Waals surface area contributed by atoms with Crippen molar-refractivity contribution in [2.45, 2.75) is 52.5 Å². The first-order chi connectivity index (χ1) is 10.0. The average molecular weight is 295 g/mol. The zero-order valence-electron chi connectivity index (χ0n) is 13.3. The molecule has 3 atom stereocenters. The molecule has 0 amide bonds. The lowest BCUT2D eigenvalue weighted by Crippen LogP contribution is -2.42. The van der Waals surface area contributed by atoms with Crippen LogP contribution in [0.3, 0.4) is 0 Å². The second-order valence-electron chi connectivity index (χ2n) is 6.65. The Morgan fingerprint density at radius 2 is 1.86 bits per heavy atom. The Hall–Kier alpha value is -0.960. The third-order valence-electron chi connectivity index (χ3n) is 4.96. The van der Waals surface area contributed by atoms with Gasteiger partial charge in [0.1, 0.15) is 11.6 Å². The van der Waals surface area contributed by atoms with Crippen LogP contribution in [0.5, 0.6) is 0 Å². The average Bonchev–Trinajstić information content (AvgIpc) is 2.44. The van der Waals surface area contributed by atoms with E-state index in [4.69, 9.17) is 0 Å². The number of hydrogen-bond acceptors (Lipinski definition) is 1. The quantitative estimate of drug-likeness (QED) is 0.840. The van der Waals surface area contributed by atoms with Gasteiger partial charge in [-0.15, -0.1) is 0 Å². The van der Waals surface area contributed by atoms with Crippen molar-refractivity contribution in [1.82, 2.24) is 5.32 Å². The number of nitrogens with one attached hydrogen (secondary N) is 1. The molecule has 21 heavy (non-hydrogen) atoms. The zero-order valence-corrected chi connectivity index (χ0v) is 13.3. The van der Waals surface area contributed by atoms with Crippen LogP contribution >= 0.6 is 0 Å². The maximum atomic E-state index is 13.9. The van der Waals surface area contributed by atoms with Gasteiger partial charge in [-0.3, -0.25) is 0 Å². The summed E-state index contributed by atoms with van der Waals surface area (Å²) in [5.41, 5.74) is 0.259. The molecule has 0 heterocycles. The van der Waals surface area contributed by atoms with Crippen molar-refractivity contribution in [2.24, 2.45) is 17.8 Å². The van der Waals surface area contributed by atoms with Gasteiger partial charge in [-0.2, -0.15) is 0 Å². The fourth-order valence-corrected chi connectivity index (χ4v) is 3.65. The molecule has 1 aliphatic rings. The van der Waals surface area contributed by atoms with Gasteiger partial charge in [0.2, 0.25) is 0 Å². The van der Waals surface area contributed by atoms with Crippen molar-refractivity contribution in [3.63, 3.8) is 0 Å². The van der Waals surface area contributed by atoms with E-state index in [1.807, 2.05) is 0 Å². The van der Waals surface area contributed by atoms with E-state index in [0.29, 0.717) is 30.2 Å². The van der Waals surface area contributed by atoms with Crippen LogP contribution in [0, 0.1) is 29.4 Å². The Bertz CT molecular complexity index is 438.